The molecule has 1 heterocycles. The minimum atomic E-state index is -0.272. The summed E-state index contributed by atoms with van der Waals surface area (Å²) in [6.45, 7) is 4.03. The third-order valence-corrected chi connectivity index (χ3v) is 4.83. The van der Waals surface area contributed by atoms with Crippen molar-refractivity contribution in [3.63, 3.8) is 0 Å². The summed E-state index contributed by atoms with van der Waals surface area (Å²) >= 11 is 11.2. The molecule has 110 valence electrons. The third kappa shape index (κ3) is 3.00. The smallest absolute Gasteiger partial charge is 0.139 e. The Morgan fingerprint density at radius 2 is 2.20 bits per heavy atom. The highest BCUT2D eigenvalue weighted by Gasteiger charge is 2.21. The van der Waals surface area contributed by atoms with Crippen molar-refractivity contribution in [2.45, 2.75) is 31.7 Å². The van der Waals surface area contributed by atoms with E-state index in [9.17, 15) is 4.39 Å². The van der Waals surface area contributed by atoms with Gasteiger partial charge in [-0.2, -0.15) is 11.8 Å². The third-order valence-electron chi connectivity index (χ3n) is 3.31. The van der Waals surface area contributed by atoms with Crippen molar-refractivity contribution < 1.29 is 4.39 Å². The summed E-state index contributed by atoms with van der Waals surface area (Å²) in [6.07, 6.45) is 3.03. The number of hydrogen-bond donors (Lipinski definition) is 0. The predicted octanol–water partition coefficient (Wildman–Crippen LogP) is 5.55. The molecular weight excluding hydrogens is 363 g/mol. The molecule has 0 spiro atoms. The minimum absolute atomic E-state index is 0.208. The van der Waals surface area contributed by atoms with Crippen molar-refractivity contribution in [3.8, 4) is 0 Å². The molecule has 0 aliphatic rings. The first-order valence-electron chi connectivity index (χ1n) is 6.49. The monoisotopic (exact) mass is 378 g/mol. The van der Waals surface area contributed by atoms with E-state index in [1.54, 1.807) is 17.8 Å². The number of nitrogens with zero attached hydrogens (tertiary/aromatic N) is 2. The SMILES string of the molecule is CCC(CSC)n1c(C(C)Cl)nc2cc(Br)c(F)cc21. The lowest BCUT2D eigenvalue weighted by molar-refractivity contribution is 0.529. The Balaban J connectivity index is 2.70. The number of alkyl halides is 1. The molecule has 2 rings (SSSR count). The van der Waals surface area contributed by atoms with E-state index in [0.717, 1.165) is 29.0 Å². The van der Waals surface area contributed by atoms with Crippen molar-refractivity contribution >= 4 is 50.3 Å². The highest BCUT2D eigenvalue weighted by atomic mass is 79.9. The van der Waals surface area contributed by atoms with E-state index < -0.39 is 0 Å². The molecule has 0 N–H and O–H groups in total. The molecule has 0 fully saturated rings. The lowest BCUT2D eigenvalue weighted by Crippen LogP contribution is -2.14. The summed E-state index contributed by atoms with van der Waals surface area (Å²) in [6, 6.07) is 3.53. The summed E-state index contributed by atoms with van der Waals surface area (Å²) in [7, 11) is 0. The molecule has 2 atom stereocenters. The zero-order chi connectivity index (χ0) is 14.9. The van der Waals surface area contributed by atoms with E-state index in [2.05, 4.69) is 38.7 Å². The Morgan fingerprint density at radius 1 is 1.50 bits per heavy atom. The molecule has 1 aromatic carbocycles. The molecule has 2 aromatic rings. The Kier molecular flexibility index (Phi) is 5.37. The maximum Gasteiger partial charge on any atom is 0.139 e. The van der Waals surface area contributed by atoms with Gasteiger partial charge >= 0.3 is 0 Å². The van der Waals surface area contributed by atoms with Gasteiger partial charge < -0.3 is 4.57 Å². The number of rotatable bonds is 5. The van der Waals surface area contributed by atoms with Gasteiger partial charge in [0.2, 0.25) is 0 Å². The van der Waals surface area contributed by atoms with Crippen LogP contribution in [0.3, 0.4) is 0 Å². The second-order valence-corrected chi connectivity index (χ2v) is 7.15. The Labute approximate surface area is 136 Å². The van der Waals surface area contributed by atoms with Gasteiger partial charge in [0.05, 0.1) is 20.9 Å². The maximum absolute atomic E-state index is 13.9. The van der Waals surface area contributed by atoms with E-state index >= 15 is 0 Å². The van der Waals surface area contributed by atoms with Crippen LogP contribution in [-0.4, -0.2) is 21.6 Å². The van der Waals surface area contributed by atoms with E-state index in [1.807, 2.05) is 6.92 Å². The molecule has 0 saturated carbocycles. The molecule has 0 amide bonds. The number of imidazole rings is 1. The lowest BCUT2D eigenvalue weighted by Gasteiger charge is -2.20. The predicted molar refractivity (Wildman–Crippen MR) is 89.4 cm³/mol. The minimum Gasteiger partial charge on any atom is -0.323 e. The quantitative estimate of drug-likeness (QED) is 0.634. The summed E-state index contributed by atoms with van der Waals surface area (Å²) in [5.74, 6) is 1.49. The fourth-order valence-corrected chi connectivity index (χ4v) is 3.60. The van der Waals surface area contributed by atoms with Crippen molar-refractivity contribution in [3.05, 3.63) is 28.2 Å². The van der Waals surface area contributed by atoms with Gasteiger partial charge in [-0.1, -0.05) is 6.92 Å². The zero-order valence-corrected chi connectivity index (χ0v) is 14.8. The van der Waals surface area contributed by atoms with Crippen LogP contribution in [0.15, 0.2) is 16.6 Å². The number of hydrogen-bond acceptors (Lipinski definition) is 2. The van der Waals surface area contributed by atoms with Crippen molar-refractivity contribution in [1.29, 1.82) is 0 Å². The Hall–Kier alpha value is -0.260. The summed E-state index contributed by atoms with van der Waals surface area (Å²) < 4.78 is 16.4. The van der Waals surface area contributed by atoms with Gasteiger partial charge in [-0.15, -0.1) is 11.6 Å². The summed E-state index contributed by atoms with van der Waals surface area (Å²) in [4.78, 5) is 4.59. The molecule has 0 aliphatic heterocycles. The van der Waals surface area contributed by atoms with Gasteiger partial charge in [0.25, 0.3) is 0 Å². The topological polar surface area (TPSA) is 17.8 Å². The second-order valence-electron chi connectivity index (χ2n) is 4.73. The number of aromatic nitrogens is 2. The Bertz CT molecular complexity index is 615. The van der Waals surface area contributed by atoms with Crippen molar-refractivity contribution in [1.82, 2.24) is 9.55 Å². The Morgan fingerprint density at radius 3 is 2.75 bits per heavy atom. The lowest BCUT2D eigenvalue weighted by atomic mass is 10.2. The van der Waals surface area contributed by atoms with Gasteiger partial charge in [0.15, 0.2) is 0 Å². The normalized spacial score (nSPS) is 14.7. The van der Waals surface area contributed by atoms with Crippen LogP contribution < -0.4 is 0 Å². The van der Waals surface area contributed by atoms with Crippen LogP contribution in [-0.2, 0) is 0 Å². The van der Waals surface area contributed by atoms with Gasteiger partial charge in [0.1, 0.15) is 11.6 Å². The fourth-order valence-electron chi connectivity index (χ4n) is 2.34. The molecule has 2 nitrogen and oxygen atoms in total. The van der Waals surface area contributed by atoms with Crippen LogP contribution in [0.2, 0.25) is 0 Å². The molecule has 0 saturated heterocycles. The van der Waals surface area contributed by atoms with Crippen LogP contribution >= 0.6 is 39.3 Å². The number of thioether (sulfide) groups is 1. The molecule has 0 aliphatic carbocycles. The van der Waals surface area contributed by atoms with Gasteiger partial charge in [-0.3, -0.25) is 0 Å². The number of benzene rings is 1. The highest BCUT2D eigenvalue weighted by molar-refractivity contribution is 9.10. The van der Waals surface area contributed by atoms with Crippen molar-refractivity contribution in [2.75, 3.05) is 12.0 Å². The highest BCUT2D eigenvalue weighted by Crippen LogP contribution is 2.32. The van der Waals surface area contributed by atoms with Crippen LogP contribution in [0.1, 0.15) is 37.5 Å². The van der Waals surface area contributed by atoms with E-state index in [4.69, 9.17) is 11.6 Å². The average molecular weight is 380 g/mol. The van der Waals surface area contributed by atoms with Crippen LogP contribution in [0, 0.1) is 5.82 Å². The summed E-state index contributed by atoms with van der Waals surface area (Å²) in [5.41, 5.74) is 1.59. The molecule has 20 heavy (non-hydrogen) atoms. The molecule has 0 radical (unpaired) electrons. The van der Waals surface area contributed by atoms with Crippen LogP contribution in [0.5, 0.6) is 0 Å². The van der Waals surface area contributed by atoms with E-state index in [-0.39, 0.29) is 17.2 Å². The molecule has 1 aromatic heterocycles. The first kappa shape index (κ1) is 16.1. The summed E-state index contributed by atoms with van der Waals surface area (Å²) in [5, 5.41) is -0.208. The molecule has 6 heteroatoms. The average Bonchev–Trinajstić information content (AvgIpc) is 2.75. The van der Waals surface area contributed by atoms with Gasteiger partial charge in [-0.05, 0) is 41.6 Å². The molecule has 2 unspecified atom stereocenters. The standard InChI is InChI=1S/C14H17BrClFN2S/c1-4-9(7-20-3)19-13-6-11(17)10(15)5-12(13)18-14(19)8(2)16/h5-6,8-9H,4,7H2,1-3H3. The first-order valence-corrected chi connectivity index (χ1v) is 9.11. The zero-order valence-electron chi connectivity index (χ0n) is 11.7. The fraction of sp³-hybridized carbons (Fsp3) is 0.500. The first-order chi connectivity index (χ1) is 9.49. The number of fused-ring (bicyclic) bond motifs is 1. The molecule has 0 bridgehead atoms. The number of halogens is 3. The molecular formula is C14H17BrClFN2S. The van der Waals surface area contributed by atoms with Crippen LogP contribution in [0.25, 0.3) is 11.0 Å². The van der Waals surface area contributed by atoms with Gasteiger partial charge in [0, 0.05) is 17.9 Å². The second kappa shape index (κ2) is 6.67. The largest absolute Gasteiger partial charge is 0.323 e. The van der Waals surface area contributed by atoms with Gasteiger partial charge in [-0.25, -0.2) is 9.37 Å². The van der Waals surface area contributed by atoms with E-state index in [1.165, 1.54) is 6.07 Å². The van der Waals surface area contributed by atoms with E-state index in [0.29, 0.717) is 4.47 Å². The van der Waals surface area contributed by atoms with Crippen LogP contribution in [0.4, 0.5) is 4.39 Å². The maximum atomic E-state index is 13.9. The van der Waals surface area contributed by atoms with Crippen molar-refractivity contribution in [2.24, 2.45) is 0 Å².